The Balaban J connectivity index is 1.43. The Morgan fingerprint density at radius 3 is 2.77 bits per heavy atom. The van der Waals surface area contributed by atoms with Gasteiger partial charge in [-0.3, -0.25) is 19.3 Å². The molecule has 0 unspecified atom stereocenters. The van der Waals surface area contributed by atoms with Crippen LogP contribution in [0.3, 0.4) is 0 Å². The van der Waals surface area contributed by atoms with E-state index in [4.69, 9.17) is 0 Å². The Morgan fingerprint density at radius 1 is 1.19 bits per heavy atom. The molecule has 1 amide bonds. The molecule has 3 aliphatic heterocycles. The van der Waals surface area contributed by atoms with Crippen LogP contribution < -0.4 is 5.43 Å². The maximum atomic E-state index is 13.8. The number of Topliss-reactive ketones (excluding diaryl/α,β-unsaturated/α-hetero) is 1. The van der Waals surface area contributed by atoms with Crippen molar-refractivity contribution >= 4 is 11.7 Å². The number of aromatic hydroxyl groups is 1. The van der Waals surface area contributed by atoms with E-state index in [1.54, 1.807) is 4.90 Å². The van der Waals surface area contributed by atoms with Gasteiger partial charge < -0.3 is 14.6 Å². The van der Waals surface area contributed by atoms with Gasteiger partial charge in [0.25, 0.3) is 5.91 Å². The van der Waals surface area contributed by atoms with Gasteiger partial charge in [-0.1, -0.05) is 6.07 Å². The molecule has 9 heteroatoms. The summed E-state index contributed by atoms with van der Waals surface area (Å²) in [5, 5.41) is 10.5. The van der Waals surface area contributed by atoms with Crippen molar-refractivity contribution in [3.63, 3.8) is 0 Å². The van der Waals surface area contributed by atoms with Gasteiger partial charge in [0.1, 0.15) is 17.8 Å². The van der Waals surface area contributed by atoms with Crippen molar-refractivity contribution in [3.8, 4) is 5.75 Å². The number of hydrogen-bond donors (Lipinski definition) is 1. The summed E-state index contributed by atoms with van der Waals surface area (Å²) >= 11 is 0. The monoisotopic (exact) mass is 429 g/mol. The Bertz CT molecular complexity index is 1160. The molecule has 162 valence electrons. The van der Waals surface area contributed by atoms with E-state index in [-0.39, 0.29) is 41.9 Å². The minimum Gasteiger partial charge on any atom is -0.503 e. The molecule has 0 aliphatic carbocycles. The molecule has 7 nitrogen and oxygen atoms in total. The lowest BCUT2D eigenvalue weighted by Crippen LogP contribution is -2.50. The highest BCUT2D eigenvalue weighted by Crippen LogP contribution is 2.35. The molecule has 4 heterocycles. The summed E-state index contributed by atoms with van der Waals surface area (Å²) in [6.45, 7) is 1.81. The summed E-state index contributed by atoms with van der Waals surface area (Å²) in [5.41, 5.74) is -1.07. The average Bonchev–Trinajstić information content (AvgIpc) is 3.32. The molecule has 3 aliphatic rings. The largest absolute Gasteiger partial charge is 0.503 e. The lowest BCUT2D eigenvalue weighted by molar-refractivity contribution is 0.0513. The summed E-state index contributed by atoms with van der Waals surface area (Å²) in [7, 11) is 0. The molecule has 0 radical (unpaired) electrons. The van der Waals surface area contributed by atoms with Crippen molar-refractivity contribution in [2.75, 3.05) is 13.1 Å². The van der Waals surface area contributed by atoms with Gasteiger partial charge in [-0.25, -0.2) is 8.78 Å². The number of pyridine rings is 1. The number of rotatable bonds is 4. The molecule has 0 saturated carbocycles. The van der Waals surface area contributed by atoms with Crippen molar-refractivity contribution in [2.45, 2.75) is 44.4 Å². The molecule has 2 aromatic rings. The molecule has 1 aromatic heterocycles. The number of aryl methyl sites for hydroxylation is 1. The number of benzene rings is 1. The van der Waals surface area contributed by atoms with E-state index in [2.05, 4.69) is 4.90 Å². The Hall–Kier alpha value is -3.07. The van der Waals surface area contributed by atoms with Crippen molar-refractivity contribution < 1.29 is 23.5 Å². The third-order valence-electron chi connectivity index (χ3n) is 6.59. The molecule has 1 aromatic carbocycles. The van der Waals surface area contributed by atoms with E-state index in [1.807, 2.05) is 0 Å². The van der Waals surface area contributed by atoms with Crippen LogP contribution in [-0.2, 0) is 13.0 Å². The molecule has 0 bridgehead atoms. The van der Waals surface area contributed by atoms with Crippen LogP contribution in [0.5, 0.6) is 5.75 Å². The van der Waals surface area contributed by atoms with Crippen LogP contribution in [0, 0.1) is 11.6 Å². The summed E-state index contributed by atoms with van der Waals surface area (Å²) in [6.07, 6.45) is 3.04. The number of aromatic nitrogens is 1. The van der Waals surface area contributed by atoms with E-state index < -0.39 is 34.5 Å². The third kappa shape index (κ3) is 3.15. The van der Waals surface area contributed by atoms with Crippen LogP contribution in [0.4, 0.5) is 8.78 Å². The fourth-order valence-electron chi connectivity index (χ4n) is 5.03. The summed E-state index contributed by atoms with van der Waals surface area (Å²) < 4.78 is 28.4. The lowest BCUT2D eigenvalue weighted by Gasteiger charge is -2.35. The molecule has 31 heavy (non-hydrogen) atoms. The summed E-state index contributed by atoms with van der Waals surface area (Å²) in [4.78, 5) is 42.3. The minimum atomic E-state index is -0.901. The van der Waals surface area contributed by atoms with Crippen LogP contribution in [0.15, 0.2) is 29.2 Å². The van der Waals surface area contributed by atoms with E-state index in [9.17, 15) is 28.3 Å². The fourth-order valence-corrected chi connectivity index (χ4v) is 5.03. The molecule has 2 atom stereocenters. The SMILES string of the molecule is O=C(CCc1ccc(F)cc1F)c1cn2c(c(O)c1=O)C(=O)N1C[C@@H]3CCCN3[C@H]1C2. The number of halogens is 2. The van der Waals surface area contributed by atoms with Gasteiger partial charge in [0, 0.05) is 37.8 Å². The zero-order chi connectivity index (χ0) is 21.9. The van der Waals surface area contributed by atoms with Gasteiger partial charge >= 0.3 is 0 Å². The van der Waals surface area contributed by atoms with Crippen LogP contribution >= 0.6 is 0 Å². The molecular formula is C22H21F2N3O4. The van der Waals surface area contributed by atoms with E-state index in [1.165, 1.54) is 16.8 Å². The van der Waals surface area contributed by atoms with Crippen LogP contribution in [0.1, 0.15) is 45.7 Å². The summed E-state index contributed by atoms with van der Waals surface area (Å²) in [6, 6.07) is 3.39. The smallest absolute Gasteiger partial charge is 0.275 e. The second-order valence-electron chi connectivity index (χ2n) is 8.35. The van der Waals surface area contributed by atoms with Gasteiger partial charge in [0.05, 0.1) is 12.1 Å². The zero-order valence-electron chi connectivity index (χ0n) is 16.7. The second-order valence-corrected chi connectivity index (χ2v) is 8.35. The van der Waals surface area contributed by atoms with Gasteiger partial charge in [0.15, 0.2) is 17.2 Å². The Labute approximate surface area is 176 Å². The van der Waals surface area contributed by atoms with Crippen molar-refractivity contribution in [2.24, 2.45) is 0 Å². The van der Waals surface area contributed by atoms with E-state index >= 15 is 0 Å². The third-order valence-corrected chi connectivity index (χ3v) is 6.59. The molecule has 5 rings (SSSR count). The molecule has 2 saturated heterocycles. The zero-order valence-corrected chi connectivity index (χ0v) is 16.7. The van der Waals surface area contributed by atoms with Gasteiger partial charge in [-0.2, -0.15) is 0 Å². The topological polar surface area (TPSA) is 82.8 Å². The van der Waals surface area contributed by atoms with Crippen molar-refractivity contribution in [1.82, 2.24) is 14.4 Å². The highest BCUT2D eigenvalue weighted by molar-refractivity contribution is 6.00. The van der Waals surface area contributed by atoms with Crippen molar-refractivity contribution in [1.29, 1.82) is 0 Å². The van der Waals surface area contributed by atoms with Crippen LogP contribution in [-0.4, -0.2) is 56.5 Å². The fraction of sp³-hybridized carbons (Fsp3) is 0.409. The molecular weight excluding hydrogens is 408 g/mol. The van der Waals surface area contributed by atoms with E-state index in [0.717, 1.165) is 31.5 Å². The molecule has 0 spiro atoms. The Morgan fingerprint density at radius 2 is 2.00 bits per heavy atom. The minimum absolute atomic E-state index is 0.0162. The first-order chi connectivity index (χ1) is 14.8. The number of carbonyl (C=O) groups excluding carboxylic acids is 2. The van der Waals surface area contributed by atoms with Gasteiger partial charge in [-0.05, 0) is 30.9 Å². The predicted molar refractivity (Wildman–Crippen MR) is 106 cm³/mol. The maximum Gasteiger partial charge on any atom is 0.275 e. The predicted octanol–water partition coefficient (Wildman–Crippen LogP) is 1.91. The first-order valence-electron chi connectivity index (χ1n) is 10.4. The number of carbonyl (C=O) groups is 2. The van der Waals surface area contributed by atoms with Crippen LogP contribution in [0.2, 0.25) is 0 Å². The average molecular weight is 429 g/mol. The number of amides is 1. The standard InChI is InChI=1S/C22H21F2N3O4/c23-13-5-3-12(16(24)8-13)4-6-17(28)15-10-25-11-18-26-7-1-2-14(26)9-27(18)22(31)19(25)21(30)20(15)29/h3,5,8,10,14,18,30H,1-2,4,6-7,9,11H2/t14-,18+/m0/s1. The number of hydrogen-bond acceptors (Lipinski definition) is 5. The second kappa shape index (κ2) is 7.26. The number of nitrogens with zero attached hydrogens (tertiary/aromatic N) is 3. The Kier molecular flexibility index (Phi) is 4.65. The van der Waals surface area contributed by atoms with Gasteiger partial charge in [-0.15, -0.1) is 0 Å². The van der Waals surface area contributed by atoms with E-state index in [0.29, 0.717) is 13.1 Å². The number of ketones is 1. The summed E-state index contributed by atoms with van der Waals surface area (Å²) in [5.74, 6) is -3.18. The first-order valence-corrected chi connectivity index (χ1v) is 10.4. The highest BCUT2D eigenvalue weighted by atomic mass is 19.1. The van der Waals surface area contributed by atoms with Crippen molar-refractivity contribution in [3.05, 3.63) is 63.1 Å². The lowest BCUT2D eigenvalue weighted by atomic mass is 10.0. The van der Waals surface area contributed by atoms with Gasteiger partial charge in [0.2, 0.25) is 5.43 Å². The normalized spacial score (nSPS) is 22.4. The number of fused-ring (bicyclic) bond motifs is 4. The quantitative estimate of drug-likeness (QED) is 0.751. The van der Waals surface area contributed by atoms with Crippen LogP contribution in [0.25, 0.3) is 0 Å². The molecule has 2 fully saturated rings. The maximum absolute atomic E-state index is 13.8. The highest BCUT2D eigenvalue weighted by Gasteiger charge is 2.48. The first kappa shape index (κ1) is 19.9. The molecule has 1 N–H and O–H groups in total.